The predicted octanol–water partition coefficient (Wildman–Crippen LogP) is 1.10. The van der Waals surface area contributed by atoms with E-state index in [-0.39, 0.29) is 12.6 Å². The normalized spacial score (nSPS) is 22.4. The minimum atomic E-state index is -0.823. The number of ether oxygens (including phenoxy) is 1. The highest BCUT2D eigenvalue weighted by Crippen LogP contribution is 2.23. The van der Waals surface area contributed by atoms with Crippen LogP contribution in [0.4, 0.5) is 5.95 Å². The maximum Gasteiger partial charge on any atom is 0.311 e. The van der Waals surface area contributed by atoms with Crippen molar-refractivity contribution < 1.29 is 14.6 Å². The van der Waals surface area contributed by atoms with Crippen LogP contribution >= 0.6 is 0 Å². The van der Waals surface area contributed by atoms with Crippen LogP contribution in [-0.2, 0) is 9.53 Å². The quantitative estimate of drug-likeness (QED) is 0.859. The molecule has 6 nitrogen and oxygen atoms in total. The molecule has 2 heterocycles. The summed E-state index contributed by atoms with van der Waals surface area (Å²) in [5.41, 5.74) is 0.872. The van der Waals surface area contributed by atoms with Crippen LogP contribution in [0.3, 0.4) is 0 Å². The number of hydrogen-bond donors (Lipinski definition) is 1. The van der Waals surface area contributed by atoms with Crippen LogP contribution in [0, 0.1) is 12.8 Å². The highest BCUT2D eigenvalue weighted by molar-refractivity contribution is 5.72. The number of rotatable bonds is 5. The lowest BCUT2D eigenvalue weighted by atomic mass is 10.0. The highest BCUT2D eigenvalue weighted by Gasteiger charge is 2.38. The minimum absolute atomic E-state index is 0.195. The van der Waals surface area contributed by atoms with E-state index < -0.39 is 11.9 Å². The SMILES string of the molecule is CCCN(c1nccc(C)n1)C1COCC1C(=O)O. The van der Waals surface area contributed by atoms with E-state index >= 15 is 0 Å². The topological polar surface area (TPSA) is 75.5 Å². The zero-order valence-electron chi connectivity index (χ0n) is 11.2. The van der Waals surface area contributed by atoms with Gasteiger partial charge in [0.05, 0.1) is 19.3 Å². The number of aliphatic carboxylic acids is 1. The third-order valence-corrected chi connectivity index (χ3v) is 3.27. The summed E-state index contributed by atoms with van der Waals surface area (Å²) in [4.78, 5) is 21.9. The highest BCUT2D eigenvalue weighted by atomic mass is 16.5. The Balaban J connectivity index is 2.27. The van der Waals surface area contributed by atoms with Gasteiger partial charge in [0, 0.05) is 18.4 Å². The van der Waals surface area contributed by atoms with Gasteiger partial charge in [0.15, 0.2) is 0 Å². The average molecular weight is 265 g/mol. The zero-order valence-corrected chi connectivity index (χ0v) is 11.2. The van der Waals surface area contributed by atoms with Crippen LogP contribution in [0.2, 0.25) is 0 Å². The van der Waals surface area contributed by atoms with Gasteiger partial charge in [-0.2, -0.15) is 0 Å². The maximum absolute atomic E-state index is 11.3. The molecular formula is C13H19N3O3. The Morgan fingerprint density at radius 3 is 3.00 bits per heavy atom. The van der Waals surface area contributed by atoms with E-state index in [4.69, 9.17) is 4.74 Å². The fourth-order valence-corrected chi connectivity index (χ4v) is 2.32. The van der Waals surface area contributed by atoms with E-state index in [9.17, 15) is 9.90 Å². The standard InChI is InChI=1S/C13H19N3O3/c1-3-6-16(13-14-5-4-9(2)15-13)11-8-19-7-10(11)12(17)18/h4-5,10-11H,3,6-8H2,1-2H3,(H,17,18). The maximum atomic E-state index is 11.3. The molecule has 1 aromatic heterocycles. The molecular weight excluding hydrogens is 246 g/mol. The molecule has 19 heavy (non-hydrogen) atoms. The lowest BCUT2D eigenvalue weighted by molar-refractivity contribution is -0.142. The molecule has 0 bridgehead atoms. The van der Waals surface area contributed by atoms with Crippen LogP contribution in [0.1, 0.15) is 19.0 Å². The molecule has 104 valence electrons. The van der Waals surface area contributed by atoms with Gasteiger partial charge in [0.1, 0.15) is 5.92 Å². The van der Waals surface area contributed by atoms with Gasteiger partial charge < -0.3 is 14.7 Å². The summed E-state index contributed by atoms with van der Waals surface area (Å²) in [5, 5.41) is 9.25. The Kier molecular flexibility index (Phi) is 4.31. The number of hydrogen-bond acceptors (Lipinski definition) is 5. The second-order valence-electron chi connectivity index (χ2n) is 4.74. The van der Waals surface area contributed by atoms with Crippen molar-refractivity contribution in [3.8, 4) is 0 Å². The molecule has 0 aliphatic carbocycles. The van der Waals surface area contributed by atoms with Crippen molar-refractivity contribution in [1.29, 1.82) is 0 Å². The predicted molar refractivity (Wildman–Crippen MR) is 70.1 cm³/mol. The van der Waals surface area contributed by atoms with Crippen molar-refractivity contribution >= 4 is 11.9 Å². The van der Waals surface area contributed by atoms with E-state index in [0.717, 1.165) is 18.7 Å². The number of anilines is 1. The third-order valence-electron chi connectivity index (χ3n) is 3.27. The monoisotopic (exact) mass is 265 g/mol. The molecule has 1 saturated heterocycles. The van der Waals surface area contributed by atoms with Crippen LogP contribution in [0.25, 0.3) is 0 Å². The number of carboxylic acids is 1. The first-order valence-corrected chi connectivity index (χ1v) is 6.50. The van der Waals surface area contributed by atoms with Crippen molar-refractivity contribution in [2.24, 2.45) is 5.92 Å². The minimum Gasteiger partial charge on any atom is -0.481 e. The Morgan fingerprint density at radius 2 is 2.37 bits per heavy atom. The third kappa shape index (κ3) is 3.01. The Bertz CT molecular complexity index is 453. The van der Waals surface area contributed by atoms with Gasteiger partial charge in [-0.05, 0) is 19.4 Å². The average Bonchev–Trinajstić information content (AvgIpc) is 2.85. The summed E-state index contributed by atoms with van der Waals surface area (Å²) in [5.74, 6) is -0.754. The van der Waals surface area contributed by atoms with Gasteiger partial charge in [0.25, 0.3) is 0 Å². The Labute approximate surface area is 112 Å². The first kappa shape index (κ1) is 13.7. The van der Waals surface area contributed by atoms with Gasteiger partial charge in [-0.15, -0.1) is 0 Å². The fourth-order valence-electron chi connectivity index (χ4n) is 2.32. The van der Waals surface area contributed by atoms with E-state index in [1.807, 2.05) is 24.8 Å². The molecule has 1 N–H and O–H groups in total. The van der Waals surface area contributed by atoms with Crippen LogP contribution < -0.4 is 4.90 Å². The number of aromatic nitrogens is 2. The van der Waals surface area contributed by atoms with Gasteiger partial charge in [-0.1, -0.05) is 6.92 Å². The molecule has 0 spiro atoms. The number of aryl methyl sites for hydroxylation is 1. The van der Waals surface area contributed by atoms with Crippen LogP contribution in [0.15, 0.2) is 12.3 Å². The largest absolute Gasteiger partial charge is 0.481 e. The van der Waals surface area contributed by atoms with Crippen molar-refractivity contribution in [2.45, 2.75) is 26.3 Å². The van der Waals surface area contributed by atoms with Gasteiger partial charge >= 0.3 is 5.97 Å². The molecule has 6 heteroatoms. The van der Waals surface area contributed by atoms with Crippen molar-refractivity contribution in [1.82, 2.24) is 9.97 Å². The lowest BCUT2D eigenvalue weighted by Crippen LogP contribution is -2.44. The van der Waals surface area contributed by atoms with Gasteiger partial charge in [-0.3, -0.25) is 4.79 Å². The van der Waals surface area contributed by atoms with Gasteiger partial charge in [0.2, 0.25) is 5.95 Å². The second-order valence-corrected chi connectivity index (χ2v) is 4.74. The molecule has 1 aliphatic heterocycles. The number of nitrogens with zero attached hydrogens (tertiary/aromatic N) is 3. The smallest absolute Gasteiger partial charge is 0.311 e. The molecule has 0 amide bonds. The van der Waals surface area contributed by atoms with E-state index in [0.29, 0.717) is 12.6 Å². The molecule has 1 aromatic rings. The molecule has 2 rings (SSSR count). The van der Waals surface area contributed by atoms with Crippen molar-refractivity contribution in [3.63, 3.8) is 0 Å². The Hall–Kier alpha value is -1.69. The number of carboxylic acid groups (broad SMARTS) is 1. The summed E-state index contributed by atoms with van der Waals surface area (Å²) in [6, 6.07) is 1.63. The summed E-state index contributed by atoms with van der Waals surface area (Å²) in [7, 11) is 0. The van der Waals surface area contributed by atoms with Crippen molar-refractivity contribution in [3.05, 3.63) is 18.0 Å². The fraction of sp³-hybridized carbons (Fsp3) is 0.615. The first-order chi connectivity index (χ1) is 9.13. The Morgan fingerprint density at radius 1 is 1.58 bits per heavy atom. The first-order valence-electron chi connectivity index (χ1n) is 6.50. The molecule has 2 unspecified atom stereocenters. The molecule has 2 atom stereocenters. The van der Waals surface area contributed by atoms with Crippen molar-refractivity contribution in [2.75, 3.05) is 24.7 Å². The number of carbonyl (C=O) groups is 1. The summed E-state index contributed by atoms with van der Waals surface area (Å²) in [6.45, 7) is 5.34. The van der Waals surface area contributed by atoms with Crippen LogP contribution in [-0.4, -0.2) is 46.8 Å². The van der Waals surface area contributed by atoms with Gasteiger partial charge in [-0.25, -0.2) is 9.97 Å². The molecule has 0 aromatic carbocycles. The molecule has 1 aliphatic rings. The van der Waals surface area contributed by atoms with Crippen LogP contribution in [0.5, 0.6) is 0 Å². The summed E-state index contributed by atoms with van der Waals surface area (Å²) < 4.78 is 5.33. The molecule has 1 fully saturated rings. The molecule has 0 saturated carbocycles. The van der Waals surface area contributed by atoms with E-state index in [1.54, 1.807) is 6.20 Å². The second kappa shape index (κ2) is 5.97. The van der Waals surface area contributed by atoms with E-state index in [2.05, 4.69) is 9.97 Å². The summed E-state index contributed by atoms with van der Waals surface area (Å²) in [6.07, 6.45) is 2.60. The lowest BCUT2D eigenvalue weighted by Gasteiger charge is -2.30. The molecule has 0 radical (unpaired) electrons. The zero-order chi connectivity index (χ0) is 13.8. The van der Waals surface area contributed by atoms with E-state index in [1.165, 1.54) is 0 Å². The summed E-state index contributed by atoms with van der Waals surface area (Å²) >= 11 is 0.